The van der Waals surface area contributed by atoms with E-state index in [4.69, 9.17) is 4.74 Å². The number of nitrogens with zero attached hydrogens (tertiary/aromatic N) is 1. The second-order valence-corrected chi connectivity index (χ2v) is 5.83. The molecule has 1 aliphatic heterocycles. The Morgan fingerprint density at radius 3 is 2.68 bits per heavy atom. The van der Waals surface area contributed by atoms with Crippen molar-refractivity contribution in [1.29, 1.82) is 5.26 Å². The molecule has 1 aromatic carbocycles. The Hall–Kier alpha value is -1.37. The van der Waals surface area contributed by atoms with Gasteiger partial charge in [-0.05, 0) is 36.8 Å². The van der Waals surface area contributed by atoms with Crippen LogP contribution in [0.1, 0.15) is 30.4 Å². The quantitative estimate of drug-likeness (QED) is 0.839. The third-order valence-electron chi connectivity index (χ3n) is 4.75. The van der Waals surface area contributed by atoms with E-state index in [-0.39, 0.29) is 0 Å². The number of ether oxygens (including phenoxy) is 1. The highest BCUT2D eigenvalue weighted by molar-refractivity contribution is 5.34. The van der Waals surface area contributed by atoms with Crippen LogP contribution in [0.2, 0.25) is 0 Å². The number of aliphatic hydroxyl groups is 1. The molecule has 0 aromatic heterocycles. The molecule has 0 bridgehead atoms. The third-order valence-corrected chi connectivity index (χ3v) is 4.75. The maximum absolute atomic E-state index is 11.1. The lowest BCUT2D eigenvalue weighted by Crippen LogP contribution is -2.55. The van der Waals surface area contributed by atoms with E-state index in [0.717, 1.165) is 19.3 Å². The average molecular weight is 257 g/mol. The smallest absolute Gasteiger partial charge is 0.110 e. The lowest BCUT2D eigenvalue weighted by molar-refractivity contribution is -0.124. The molecule has 1 N–H and O–H groups in total. The van der Waals surface area contributed by atoms with Crippen LogP contribution < -0.4 is 0 Å². The molecular formula is C16H19NO2. The zero-order valence-corrected chi connectivity index (χ0v) is 11.1. The van der Waals surface area contributed by atoms with Crippen LogP contribution in [0.4, 0.5) is 0 Å². The summed E-state index contributed by atoms with van der Waals surface area (Å²) in [5.41, 5.74) is 0.795. The maximum atomic E-state index is 11.1. The predicted octanol–water partition coefficient (Wildman–Crippen LogP) is 2.23. The Bertz CT molecular complexity index is 514. The monoisotopic (exact) mass is 257 g/mol. The summed E-state index contributed by atoms with van der Waals surface area (Å²) in [4.78, 5) is 0. The fourth-order valence-electron chi connectivity index (χ4n) is 3.48. The van der Waals surface area contributed by atoms with Gasteiger partial charge in [-0.1, -0.05) is 24.3 Å². The van der Waals surface area contributed by atoms with Crippen LogP contribution in [0.3, 0.4) is 0 Å². The number of benzene rings is 1. The van der Waals surface area contributed by atoms with Crippen LogP contribution in [0.25, 0.3) is 0 Å². The van der Waals surface area contributed by atoms with Gasteiger partial charge in [-0.2, -0.15) is 5.26 Å². The second-order valence-electron chi connectivity index (χ2n) is 5.83. The number of fused-ring (bicyclic) bond motifs is 1. The largest absolute Gasteiger partial charge is 0.388 e. The van der Waals surface area contributed by atoms with Crippen LogP contribution in [0.15, 0.2) is 24.3 Å². The zero-order chi connectivity index (χ0) is 13.3. The van der Waals surface area contributed by atoms with Crippen molar-refractivity contribution in [3.05, 3.63) is 35.4 Å². The molecule has 19 heavy (non-hydrogen) atoms. The topological polar surface area (TPSA) is 53.2 Å². The van der Waals surface area contributed by atoms with Crippen LogP contribution in [-0.2, 0) is 17.6 Å². The van der Waals surface area contributed by atoms with Crippen molar-refractivity contribution in [2.45, 2.75) is 37.7 Å². The minimum atomic E-state index is -0.948. The number of aryl methyl sites for hydroxylation is 1. The molecule has 100 valence electrons. The Morgan fingerprint density at radius 1 is 1.21 bits per heavy atom. The highest BCUT2D eigenvalue weighted by Gasteiger charge is 2.53. The van der Waals surface area contributed by atoms with E-state index >= 15 is 0 Å². The zero-order valence-electron chi connectivity index (χ0n) is 11.1. The Labute approximate surface area is 113 Å². The van der Waals surface area contributed by atoms with E-state index in [9.17, 15) is 10.4 Å². The van der Waals surface area contributed by atoms with Gasteiger partial charge in [0.15, 0.2) is 0 Å². The fourth-order valence-corrected chi connectivity index (χ4v) is 3.48. The SMILES string of the molecule is N#CC1(C2(O)CCc3ccccc3C2)CCCOC1. The van der Waals surface area contributed by atoms with E-state index in [0.29, 0.717) is 26.1 Å². The lowest BCUT2D eigenvalue weighted by Gasteiger charge is -2.47. The first-order chi connectivity index (χ1) is 9.19. The van der Waals surface area contributed by atoms with E-state index in [1.807, 2.05) is 12.1 Å². The minimum absolute atomic E-state index is 0.363. The van der Waals surface area contributed by atoms with E-state index in [2.05, 4.69) is 18.2 Å². The normalized spacial score (nSPS) is 34.3. The second kappa shape index (κ2) is 4.63. The average Bonchev–Trinajstić information content (AvgIpc) is 2.47. The molecule has 2 atom stereocenters. The van der Waals surface area contributed by atoms with Crippen molar-refractivity contribution in [3.63, 3.8) is 0 Å². The molecule has 1 aliphatic carbocycles. The van der Waals surface area contributed by atoms with Gasteiger partial charge < -0.3 is 9.84 Å². The predicted molar refractivity (Wildman–Crippen MR) is 71.5 cm³/mol. The molecule has 1 heterocycles. The summed E-state index contributed by atoms with van der Waals surface area (Å²) in [7, 11) is 0. The molecule has 0 amide bonds. The molecule has 1 saturated heterocycles. The Balaban J connectivity index is 1.94. The highest BCUT2D eigenvalue weighted by Crippen LogP contribution is 2.45. The number of nitriles is 1. The first-order valence-electron chi connectivity index (χ1n) is 6.97. The molecule has 0 radical (unpaired) electrons. The van der Waals surface area contributed by atoms with Gasteiger partial charge in [-0.25, -0.2) is 0 Å². The van der Waals surface area contributed by atoms with Crippen molar-refractivity contribution in [3.8, 4) is 6.07 Å². The molecular weight excluding hydrogens is 238 g/mol. The summed E-state index contributed by atoms with van der Waals surface area (Å²) >= 11 is 0. The number of hydrogen-bond donors (Lipinski definition) is 1. The van der Waals surface area contributed by atoms with Crippen LogP contribution in [0.5, 0.6) is 0 Å². The van der Waals surface area contributed by atoms with E-state index in [1.165, 1.54) is 11.1 Å². The Morgan fingerprint density at radius 2 is 2.00 bits per heavy atom. The fraction of sp³-hybridized carbons (Fsp3) is 0.562. The van der Waals surface area contributed by atoms with Gasteiger partial charge in [-0.3, -0.25) is 0 Å². The molecule has 3 nitrogen and oxygen atoms in total. The van der Waals surface area contributed by atoms with Crippen LogP contribution >= 0.6 is 0 Å². The molecule has 3 rings (SSSR count). The van der Waals surface area contributed by atoms with E-state index in [1.54, 1.807) is 0 Å². The lowest BCUT2D eigenvalue weighted by atomic mass is 9.62. The van der Waals surface area contributed by atoms with Crippen molar-refractivity contribution in [2.24, 2.45) is 5.41 Å². The van der Waals surface area contributed by atoms with Gasteiger partial charge in [-0.15, -0.1) is 0 Å². The summed E-state index contributed by atoms with van der Waals surface area (Å²) < 4.78 is 5.50. The number of rotatable bonds is 1. The van der Waals surface area contributed by atoms with Crippen LogP contribution in [-0.4, -0.2) is 23.9 Å². The van der Waals surface area contributed by atoms with Gasteiger partial charge in [0.05, 0.1) is 18.3 Å². The highest BCUT2D eigenvalue weighted by atomic mass is 16.5. The summed E-state index contributed by atoms with van der Waals surface area (Å²) in [6, 6.07) is 10.6. The number of hydrogen-bond acceptors (Lipinski definition) is 3. The van der Waals surface area contributed by atoms with Gasteiger partial charge in [0, 0.05) is 13.0 Å². The summed E-state index contributed by atoms with van der Waals surface area (Å²) in [6.07, 6.45) is 3.66. The molecule has 3 heteroatoms. The Kier molecular flexibility index (Phi) is 3.08. The van der Waals surface area contributed by atoms with Gasteiger partial charge in [0.1, 0.15) is 5.41 Å². The first-order valence-corrected chi connectivity index (χ1v) is 6.97. The molecule has 0 saturated carbocycles. The molecule has 1 aromatic rings. The van der Waals surface area contributed by atoms with Crippen molar-refractivity contribution < 1.29 is 9.84 Å². The van der Waals surface area contributed by atoms with Crippen LogP contribution in [0, 0.1) is 16.7 Å². The first kappa shape index (κ1) is 12.7. The summed E-state index contributed by atoms with van der Waals surface area (Å²) in [5.74, 6) is 0. The van der Waals surface area contributed by atoms with Gasteiger partial charge >= 0.3 is 0 Å². The van der Waals surface area contributed by atoms with E-state index < -0.39 is 11.0 Å². The third kappa shape index (κ3) is 1.96. The summed E-state index contributed by atoms with van der Waals surface area (Å²) in [5, 5.41) is 20.7. The maximum Gasteiger partial charge on any atom is 0.110 e. The molecule has 2 aliphatic rings. The molecule has 2 unspecified atom stereocenters. The standard InChI is InChI=1S/C16H19NO2/c17-11-15(7-3-9-19-12-15)16(18)8-6-13-4-1-2-5-14(13)10-16/h1-2,4-5,18H,3,6-10,12H2. The van der Waals surface area contributed by atoms with Gasteiger partial charge in [0.25, 0.3) is 0 Å². The van der Waals surface area contributed by atoms with Crippen molar-refractivity contribution in [2.75, 3.05) is 13.2 Å². The molecule has 0 spiro atoms. The van der Waals surface area contributed by atoms with Crippen molar-refractivity contribution in [1.82, 2.24) is 0 Å². The summed E-state index contributed by atoms with van der Waals surface area (Å²) in [6.45, 7) is 1.07. The minimum Gasteiger partial charge on any atom is -0.388 e. The van der Waals surface area contributed by atoms with Crippen molar-refractivity contribution >= 4 is 0 Å². The molecule has 1 fully saturated rings. The van der Waals surface area contributed by atoms with Gasteiger partial charge in [0.2, 0.25) is 0 Å².